The largest absolute Gasteiger partial charge is 0.378 e. The number of aromatic amines is 1. The lowest BCUT2D eigenvalue weighted by molar-refractivity contribution is 0.122. The third-order valence-electron chi connectivity index (χ3n) is 4.91. The topological polar surface area (TPSA) is 86.4 Å². The van der Waals surface area contributed by atoms with Crippen molar-refractivity contribution in [1.29, 1.82) is 5.26 Å². The molecule has 0 amide bonds. The van der Waals surface area contributed by atoms with Crippen LogP contribution in [0.25, 0.3) is 16.9 Å². The lowest BCUT2D eigenvalue weighted by Gasteiger charge is -2.29. The number of nitrogens with one attached hydrogen (secondary N) is 1. The average molecular weight is 363 g/mol. The first-order valence-electron chi connectivity index (χ1n) is 9.07. The molecule has 7 heteroatoms. The fraction of sp³-hybridized carbons (Fsp3) is 0.350. The SMILES string of the molecule is CC(C)c1c(-c2cccc(N3CCOCC3)c2)[nH]c2c(C#N)cnn2c1=O. The summed E-state index contributed by atoms with van der Waals surface area (Å²) in [6.45, 7) is 7.09. The number of fused-ring (bicyclic) bond motifs is 1. The molecule has 1 fully saturated rings. The van der Waals surface area contributed by atoms with E-state index in [1.54, 1.807) is 0 Å². The van der Waals surface area contributed by atoms with Gasteiger partial charge in [-0.25, -0.2) is 0 Å². The molecule has 1 aliphatic rings. The molecular formula is C20H21N5O2. The van der Waals surface area contributed by atoms with Crippen LogP contribution in [0.4, 0.5) is 5.69 Å². The van der Waals surface area contributed by atoms with Gasteiger partial charge in [0.05, 0.1) is 25.1 Å². The molecule has 3 aromatic rings. The van der Waals surface area contributed by atoms with Gasteiger partial charge in [0.25, 0.3) is 5.56 Å². The van der Waals surface area contributed by atoms with Crippen LogP contribution in [0.3, 0.4) is 0 Å². The summed E-state index contributed by atoms with van der Waals surface area (Å²) >= 11 is 0. The maximum atomic E-state index is 13.0. The van der Waals surface area contributed by atoms with E-state index in [1.807, 2.05) is 26.0 Å². The molecule has 1 aliphatic heterocycles. The lowest BCUT2D eigenvalue weighted by atomic mass is 9.97. The van der Waals surface area contributed by atoms with Crippen LogP contribution in [0.1, 0.15) is 30.9 Å². The quantitative estimate of drug-likeness (QED) is 0.773. The number of nitriles is 1. The molecule has 1 aromatic carbocycles. The van der Waals surface area contributed by atoms with Gasteiger partial charge in [-0.2, -0.15) is 14.9 Å². The van der Waals surface area contributed by atoms with E-state index in [-0.39, 0.29) is 11.5 Å². The van der Waals surface area contributed by atoms with E-state index in [1.165, 1.54) is 10.7 Å². The fourth-order valence-corrected chi connectivity index (χ4v) is 3.55. The van der Waals surface area contributed by atoms with Crippen LogP contribution in [0.2, 0.25) is 0 Å². The molecule has 7 nitrogen and oxygen atoms in total. The Kier molecular flexibility index (Phi) is 4.42. The molecule has 0 atom stereocenters. The van der Waals surface area contributed by atoms with Gasteiger partial charge in [0.1, 0.15) is 11.6 Å². The van der Waals surface area contributed by atoms with Crippen LogP contribution in [0, 0.1) is 11.3 Å². The maximum absolute atomic E-state index is 13.0. The second-order valence-corrected chi connectivity index (χ2v) is 6.95. The summed E-state index contributed by atoms with van der Waals surface area (Å²) in [5.41, 5.74) is 4.02. The van der Waals surface area contributed by atoms with Gasteiger partial charge in [0, 0.05) is 29.9 Å². The standard InChI is InChI=1S/C20H21N5O2/c1-13(2)17-18(23-19-15(11-21)12-22-25(19)20(17)26)14-4-3-5-16(10-14)24-6-8-27-9-7-24/h3-5,10,12-13,23H,6-9H2,1-2H3. The van der Waals surface area contributed by atoms with E-state index < -0.39 is 0 Å². The Labute approximate surface area is 156 Å². The Morgan fingerprint density at radius 3 is 2.78 bits per heavy atom. The summed E-state index contributed by atoms with van der Waals surface area (Å²) in [7, 11) is 0. The van der Waals surface area contributed by atoms with Gasteiger partial charge in [0.2, 0.25) is 0 Å². The molecule has 0 aliphatic carbocycles. The molecule has 1 N–H and O–H groups in total. The number of nitrogens with zero attached hydrogens (tertiary/aromatic N) is 4. The zero-order valence-electron chi connectivity index (χ0n) is 15.4. The number of ether oxygens (including phenoxy) is 1. The fourth-order valence-electron chi connectivity index (χ4n) is 3.55. The summed E-state index contributed by atoms with van der Waals surface area (Å²) in [5.74, 6) is 0.00919. The van der Waals surface area contributed by atoms with Crippen LogP contribution in [-0.4, -0.2) is 40.9 Å². The van der Waals surface area contributed by atoms with Crippen molar-refractivity contribution >= 4 is 11.3 Å². The van der Waals surface area contributed by atoms with Crippen molar-refractivity contribution in [2.45, 2.75) is 19.8 Å². The highest BCUT2D eigenvalue weighted by atomic mass is 16.5. The molecule has 0 radical (unpaired) electrons. The summed E-state index contributed by atoms with van der Waals surface area (Å²) in [5, 5.41) is 13.4. The van der Waals surface area contributed by atoms with Crippen LogP contribution in [0.15, 0.2) is 35.3 Å². The second kappa shape index (κ2) is 6.89. The Bertz CT molecular complexity index is 1080. The van der Waals surface area contributed by atoms with E-state index >= 15 is 0 Å². The predicted molar refractivity (Wildman–Crippen MR) is 103 cm³/mol. The van der Waals surface area contributed by atoms with E-state index in [9.17, 15) is 10.1 Å². The van der Waals surface area contributed by atoms with Gasteiger partial charge >= 0.3 is 0 Å². The monoisotopic (exact) mass is 363 g/mol. The second-order valence-electron chi connectivity index (χ2n) is 6.95. The van der Waals surface area contributed by atoms with Gasteiger partial charge in [-0.05, 0) is 18.1 Å². The van der Waals surface area contributed by atoms with Crippen molar-refractivity contribution in [3.05, 3.63) is 51.9 Å². The number of hydrogen-bond donors (Lipinski definition) is 1. The smallest absolute Gasteiger partial charge is 0.278 e. The minimum atomic E-state index is -0.188. The van der Waals surface area contributed by atoms with Gasteiger partial charge in [-0.3, -0.25) is 4.79 Å². The highest BCUT2D eigenvalue weighted by Crippen LogP contribution is 2.29. The summed E-state index contributed by atoms with van der Waals surface area (Å²) in [4.78, 5) is 18.6. The minimum absolute atomic E-state index is 0.00919. The highest BCUT2D eigenvalue weighted by Gasteiger charge is 2.20. The van der Waals surface area contributed by atoms with E-state index in [0.717, 1.165) is 30.0 Å². The number of H-pyrrole nitrogens is 1. The van der Waals surface area contributed by atoms with Gasteiger partial charge in [-0.15, -0.1) is 0 Å². The van der Waals surface area contributed by atoms with Crippen LogP contribution in [0.5, 0.6) is 0 Å². The van der Waals surface area contributed by atoms with Crippen LogP contribution < -0.4 is 10.5 Å². The van der Waals surface area contributed by atoms with Crippen molar-refractivity contribution in [2.24, 2.45) is 0 Å². The average Bonchev–Trinajstić information content (AvgIpc) is 3.12. The Morgan fingerprint density at radius 1 is 1.30 bits per heavy atom. The van der Waals surface area contributed by atoms with E-state index in [0.29, 0.717) is 30.0 Å². The highest BCUT2D eigenvalue weighted by molar-refractivity contribution is 5.71. The van der Waals surface area contributed by atoms with Crippen molar-refractivity contribution < 1.29 is 4.74 Å². The van der Waals surface area contributed by atoms with Gasteiger partial charge in [-0.1, -0.05) is 26.0 Å². The first kappa shape index (κ1) is 17.3. The molecule has 27 heavy (non-hydrogen) atoms. The molecule has 0 saturated carbocycles. The van der Waals surface area contributed by atoms with E-state index in [4.69, 9.17) is 4.74 Å². The molecule has 2 aromatic heterocycles. The molecular weight excluding hydrogens is 342 g/mol. The third-order valence-corrected chi connectivity index (χ3v) is 4.91. The molecule has 3 heterocycles. The number of morpholine rings is 1. The number of rotatable bonds is 3. The summed E-state index contributed by atoms with van der Waals surface area (Å²) < 4.78 is 6.72. The Hall–Kier alpha value is -3.11. The summed E-state index contributed by atoms with van der Waals surface area (Å²) in [6, 6.07) is 10.2. The lowest BCUT2D eigenvalue weighted by Crippen LogP contribution is -2.36. The Balaban J connectivity index is 1.91. The minimum Gasteiger partial charge on any atom is -0.378 e. The number of aromatic nitrogens is 3. The molecule has 4 rings (SSSR count). The van der Waals surface area contributed by atoms with Crippen molar-refractivity contribution in [3.63, 3.8) is 0 Å². The molecule has 0 spiro atoms. The molecule has 0 unspecified atom stereocenters. The van der Waals surface area contributed by atoms with Crippen molar-refractivity contribution in [1.82, 2.24) is 14.6 Å². The van der Waals surface area contributed by atoms with E-state index in [2.05, 4.69) is 33.2 Å². The number of benzene rings is 1. The number of anilines is 1. The zero-order valence-corrected chi connectivity index (χ0v) is 15.4. The predicted octanol–water partition coefficient (Wildman–Crippen LogP) is 2.52. The molecule has 1 saturated heterocycles. The molecule has 138 valence electrons. The van der Waals surface area contributed by atoms with Gasteiger partial charge in [0.15, 0.2) is 5.65 Å². The summed E-state index contributed by atoms with van der Waals surface area (Å²) in [6.07, 6.45) is 1.42. The van der Waals surface area contributed by atoms with Crippen molar-refractivity contribution in [2.75, 3.05) is 31.2 Å². The molecule has 0 bridgehead atoms. The normalized spacial score (nSPS) is 14.7. The maximum Gasteiger partial charge on any atom is 0.278 e. The number of hydrogen-bond acceptors (Lipinski definition) is 5. The Morgan fingerprint density at radius 2 is 2.07 bits per heavy atom. The van der Waals surface area contributed by atoms with Crippen molar-refractivity contribution in [3.8, 4) is 17.3 Å². The van der Waals surface area contributed by atoms with Crippen LogP contribution in [-0.2, 0) is 4.74 Å². The zero-order chi connectivity index (χ0) is 19.0. The first-order valence-corrected chi connectivity index (χ1v) is 9.07. The van der Waals surface area contributed by atoms with Crippen LogP contribution >= 0.6 is 0 Å². The van der Waals surface area contributed by atoms with Gasteiger partial charge < -0.3 is 14.6 Å². The first-order chi connectivity index (χ1) is 13.1. The third kappa shape index (κ3) is 2.98.